The Balaban J connectivity index is 3.34. The molecular formula is C6H14In-. The zero-order valence-electron chi connectivity index (χ0n) is 5.57. The van der Waals surface area contributed by atoms with Gasteiger partial charge in [0.05, 0.1) is 0 Å². The molecular weight excluding hydrogens is 187 g/mol. The van der Waals surface area contributed by atoms with Crippen LogP contribution >= 0.6 is 0 Å². The second kappa shape index (κ2) is 2.81. The molecule has 0 saturated heterocycles. The molecule has 0 fully saturated rings. The molecule has 0 radical (unpaired) electrons. The first-order chi connectivity index (χ1) is 3.06. The summed E-state index contributed by atoms with van der Waals surface area (Å²) in [6.45, 7) is 3.70. The van der Waals surface area contributed by atoms with Gasteiger partial charge in [0.25, 0.3) is 0 Å². The Kier molecular flexibility index (Phi) is 3.05. The van der Waals surface area contributed by atoms with Gasteiger partial charge in [-0.3, -0.25) is 0 Å². The van der Waals surface area contributed by atoms with Crippen LogP contribution in [0.15, 0.2) is 12.7 Å². The third kappa shape index (κ3) is 6.61. The Labute approximate surface area is 50.9 Å². The van der Waals surface area contributed by atoms with Gasteiger partial charge in [-0.1, -0.05) is 0 Å². The van der Waals surface area contributed by atoms with Gasteiger partial charge in [-0.05, 0) is 0 Å². The van der Waals surface area contributed by atoms with Crippen LogP contribution in [0.1, 0.15) is 0 Å². The summed E-state index contributed by atoms with van der Waals surface area (Å²) in [4.78, 5) is 0. The predicted molar refractivity (Wildman–Crippen MR) is 38.4 cm³/mol. The molecule has 0 aromatic heterocycles. The first kappa shape index (κ1) is 7.61. The fraction of sp³-hybridized carbons (Fsp3) is 0.667. The average Bonchev–Trinajstić information content (AvgIpc) is 1.30. The van der Waals surface area contributed by atoms with Gasteiger partial charge in [0, 0.05) is 0 Å². The van der Waals surface area contributed by atoms with E-state index in [1.165, 1.54) is 4.18 Å². The summed E-state index contributed by atoms with van der Waals surface area (Å²) in [7, 11) is 0. The molecule has 0 amide bonds. The van der Waals surface area contributed by atoms with E-state index in [9.17, 15) is 0 Å². The van der Waals surface area contributed by atoms with Gasteiger partial charge in [0.15, 0.2) is 0 Å². The summed E-state index contributed by atoms with van der Waals surface area (Å²) in [5.74, 6) is 0. The summed E-state index contributed by atoms with van der Waals surface area (Å²) in [5, 5.41) is 0. The Morgan fingerprint density at radius 3 is 1.86 bits per heavy atom. The van der Waals surface area contributed by atoms with Crippen LogP contribution in [0.2, 0.25) is 18.2 Å². The number of allylic oxidation sites excluding steroid dienone is 1. The maximum absolute atomic E-state index is 3.70. The molecule has 0 heterocycles. The molecule has 0 unspecified atom stereocenters. The number of hydrogen-bond acceptors (Lipinski definition) is 0. The average molecular weight is 201 g/mol. The SMILES string of the molecule is C=C[CH2][In-]([CH3])([CH3])[CH3]. The van der Waals surface area contributed by atoms with E-state index < -0.39 is 20.0 Å². The van der Waals surface area contributed by atoms with E-state index in [1.54, 1.807) is 0 Å². The summed E-state index contributed by atoms with van der Waals surface area (Å²) in [6.07, 6.45) is 2.06. The summed E-state index contributed by atoms with van der Waals surface area (Å²) >= 11 is -1.48. The zero-order chi connectivity index (χ0) is 5.91. The van der Waals surface area contributed by atoms with Crippen molar-refractivity contribution in [2.45, 2.75) is 18.2 Å². The van der Waals surface area contributed by atoms with Gasteiger partial charge in [-0.2, -0.15) is 0 Å². The molecule has 0 spiro atoms. The van der Waals surface area contributed by atoms with Crippen LogP contribution in [-0.2, 0) is 0 Å². The molecule has 0 bridgehead atoms. The van der Waals surface area contributed by atoms with E-state index in [0.717, 1.165) is 0 Å². The second-order valence-corrected chi connectivity index (χ2v) is 21.7. The quantitative estimate of drug-likeness (QED) is 0.602. The topological polar surface area (TPSA) is 0 Å². The van der Waals surface area contributed by atoms with Crippen molar-refractivity contribution >= 4 is 20.0 Å². The van der Waals surface area contributed by atoms with Crippen LogP contribution in [0, 0.1) is 0 Å². The molecule has 0 saturated carbocycles. The number of rotatable bonds is 2. The van der Waals surface area contributed by atoms with Crippen molar-refractivity contribution in [1.29, 1.82) is 0 Å². The standard InChI is InChI=1S/C3H5.3CH3.In/c1-3-2;;;;/h3H,1-2H2;3*1H3;/q;;;;-1. The van der Waals surface area contributed by atoms with Crippen LogP contribution in [0.4, 0.5) is 0 Å². The molecule has 0 N–H and O–H groups in total. The van der Waals surface area contributed by atoms with Crippen LogP contribution in [0.3, 0.4) is 0 Å². The second-order valence-electron chi connectivity index (χ2n) is 3.48. The summed E-state index contributed by atoms with van der Waals surface area (Å²) in [6, 6.07) is 0. The minimum atomic E-state index is -1.48. The third-order valence-corrected chi connectivity index (χ3v) is 5.86. The van der Waals surface area contributed by atoms with Crippen molar-refractivity contribution < 1.29 is 0 Å². The van der Waals surface area contributed by atoms with Crippen LogP contribution < -0.4 is 0 Å². The first-order valence-electron chi connectivity index (χ1n) is 2.96. The van der Waals surface area contributed by atoms with Crippen LogP contribution in [-0.4, -0.2) is 20.0 Å². The number of hydrogen-bond donors (Lipinski definition) is 0. The van der Waals surface area contributed by atoms with Crippen LogP contribution in [0.25, 0.3) is 0 Å². The molecule has 0 aliphatic carbocycles. The van der Waals surface area contributed by atoms with E-state index in [1.807, 2.05) is 0 Å². The van der Waals surface area contributed by atoms with E-state index in [0.29, 0.717) is 0 Å². The van der Waals surface area contributed by atoms with Crippen molar-refractivity contribution in [3.8, 4) is 0 Å². The van der Waals surface area contributed by atoms with Gasteiger partial charge in [0.1, 0.15) is 0 Å². The molecule has 0 aliphatic heterocycles. The Morgan fingerprint density at radius 1 is 1.43 bits per heavy atom. The van der Waals surface area contributed by atoms with Gasteiger partial charge in [-0.25, -0.2) is 0 Å². The van der Waals surface area contributed by atoms with E-state index >= 15 is 0 Å². The molecule has 0 aromatic rings. The molecule has 0 nitrogen and oxygen atoms in total. The molecule has 0 aliphatic rings. The Hall–Kier alpha value is 0.610. The van der Waals surface area contributed by atoms with Gasteiger partial charge in [-0.15, -0.1) is 0 Å². The zero-order valence-corrected chi connectivity index (χ0v) is 8.86. The third-order valence-electron chi connectivity index (χ3n) is 0.874. The molecule has 7 heavy (non-hydrogen) atoms. The van der Waals surface area contributed by atoms with E-state index in [2.05, 4.69) is 26.7 Å². The maximum atomic E-state index is 3.70. The van der Waals surface area contributed by atoms with Gasteiger partial charge >= 0.3 is 50.8 Å². The van der Waals surface area contributed by atoms with Crippen molar-refractivity contribution in [1.82, 2.24) is 0 Å². The van der Waals surface area contributed by atoms with E-state index in [-0.39, 0.29) is 0 Å². The van der Waals surface area contributed by atoms with Crippen LogP contribution in [0.5, 0.6) is 0 Å². The predicted octanol–water partition coefficient (Wildman–Crippen LogP) is 2.51. The molecule has 42 valence electrons. The normalized spacial score (nSPS) is 11.3. The summed E-state index contributed by atoms with van der Waals surface area (Å²) in [5.41, 5.74) is 0. The van der Waals surface area contributed by atoms with Crippen molar-refractivity contribution in [2.24, 2.45) is 0 Å². The monoisotopic (exact) mass is 201 g/mol. The van der Waals surface area contributed by atoms with E-state index in [4.69, 9.17) is 0 Å². The Bertz CT molecular complexity index is 59.1. The van der Waals surface area contributed by atoms with Crippen molar-refractivity contribution in [2.75, 3.05) is 0 Å². The molecule has 0 aromatic carbocycles. The van der Waals surface area contributed by atoms with Crippen molar-refractivity contribution in [3.63, 3.8) is 0 Å². The van der Waals surface area contributed by atoms with Crippen molar-refractivity contribution in [3.05, 3.63) is 12.7 Å². The fourth-order valence-corrected chi connectivity index (χ4v) is 3.35. The Morgan fingerprint density at radius 2 is 1.86 bits per heavy atom. The summed E-state index contributed by atoms with van der Waals surface area (Å²) < 4.78 is 8.59. The first-order valence-corrected chi connectivity index (χ1v) is 15.2. The molecule has 0 atom stereocenters. The fourth-order valence-electron chi connectivity index (χ4n) is 0.500. The molecule has 1 heteroatoms. The van der Waals surface area contributed by atoms with Gasteiger partial charge in [0.2, 0.25) is 0 Å². The molecule has 0 rings (SSSR count). The minimum absolute atomic E-state index is 1.32. The van der Waals surface area contributed by atoms with Gasteiger partial charge < -0.3 is 0 Å².